The number of amides is 3. The molecule has 4 N–H and O–H groups in total. The lowest BCUT2D eigenvalue weighted by Gasteiger charge is -2.10. The predicted molar refractivity (Wildman–Crippen MR) is 130 cm³/mol. The standard InChI is InChI=1S/C26H28N4O3/c1-2-15-27-26(33)21-9-6-10-23(16-21)30-24(31)18-28-22-13-11-20(12-14-22)25(32)29-17-19-7-4-3-5-8-19/h3-14,16,28H,2,15,17-18H2,1H3,(H,27,33)(H,29,32)(H,30,31). The fourth-order valence-electron chi connectivity index (χ4n) is 3.09. The van der Waals surface area contributed by atoms with Gasteiger partial charge in [-0.2, -0.15) is 0 Å². The van der Waals surface area contributed by atoms with Crippen molar-refractivity contribution in [3.8, 4) is 0 Å². The minimum absolute atomic E-state index is 0.0474. The molecule has 0 saturated carbocycles. The van der Waals surface area contributed by atoms with E-state index < -0.39 is 0 Å². The topological polar surface area (TPSA) is 99.3 Å². The average molecular weight is 445 g/mol. The van der Waals surface area contributed by atoms with Gasteiger partial charge < -0.3 is 21.3 Å². The summed E-state index contributed by atoms with van der Waals surface area (Å²) in [5.74, 6) is -0.573. The van der Waals surface area contributed by atoms with Gasteiger partial charge >= 0.3 is 0 Å². The first kappa shape index (κ1) is 23.5. The molecule has 3 rings (SSSR count). The Morgan fingerprint density at radius 1 is 0.727 bits per heavy atom. The Labute approximate surface area is 193 Å². The molecule has 3 aromatic rings. The summed E-state index contributed by atoms with van der Waals surface area (Å²) >= 11 is 0. The lowest BCUT2D eigenvalue weighted by atomic mass is 10.1. The first-order valence-corrected chi connectivity index (χ1v) is 10.9. The van der Waals surface area contributed by atoms with Crippen LogP contribution in [0, 0.1) is 0 Å². The van der Waals surface area contributed by atoms with Crippen molar-refractivity contribution >= 4 is 29.1 Å². The second-order valence-electron chi connectivity index (χ2n) is 7.48. The molecule has 0 aliphatic rings. The summed E-state index contributed by atoms with van der Waals surface area (Å²) in [4.78, 5) is 36.7. The highest BCUT2D eigenvalue weighted by molar-refractivity contribution is 5.98. The number of hydrogen-bond donors (Lipinski definition) is 4. The van der Waals surface area contributed by atoms with E-state index in [0.717, 1.165) is 17.7 Å². The molecule has 170 valence electrons. The summed E-state index contributed by atoms with van der Waals surface area (Å²) in [5, 5.41) is 11.5. The van der Waals surface area contributed by atoms with Crippen molar-refractivity contribution in [1.29, 1.82) is 0 Å². The van der Waals surface area contributed by atoms with Gasteiger partial charge in [0.15, 0.2) is 0 Å². The largest absolute Gasteiger partial charge is 0.376 e. The van der Waals surface area contributed by atoms with E-state index in [-0.39, 0.29) is 24.3 Å². The average Bonchev–Trinajstić information content (AvgIpc) is 2.85. The van der Waals surface area contributed by atoms with Crippen molar-refractivity contribution in [2.45, 2.75) is 19.9 Å². The molecule has 7 nitrogen and oxygen atoms in total. The maximum absolute atomic E-state index is 12.3. The zero-order valence-corrected chi connectivity index (χ0v) is 18.6. The first-order valence-electron chi connectivity index (χ1n) is 10.9. The van der Waals surface area contributed by atoms with Crippen LogP contribution >= 0.6 is 0 Å². The van der Waals surface area contributed by atoms with E-state index in [1.807, 2.05) is 37.3 Å². The van der Waals surface area contributed by atoms with E-state index in [0.29, 0.717) is 29.9 Å². The lowest BCUT2D eigenvalue weighted by Crippen LogP contribution is -2.25. The number of nitrogens with one attached hydrogen (secondary N) is 4. The molecule has 0 heterocycles. The second-order valence-corrected chi connectivity index (χ2v) is 7.48. The van der Waals surface area contributed by atoms with Crippen molar-refractivity contribution in [3.05, 3.63) is 95.6 Å². The SMILES string of the molecule is CCCNC(=O)c1cccc(NC(=O)CNc2ccc(C(=O)NCc3ccccc3)cc2)c1. The normalized spacial score (nSPS) is 10.2. The van der Waals surface area contributed by atoms with Crippen molar-refractivity contribution in [1.82, 2.24) is 10.6 Å². The molecule has 0 unspecified atom stereocenters. The van der Waals surface area contributed by atoms with Crippen LogP contribution in [-0.2, 0) is 11.3 Å². The van der Waals surface area contributed by atoms with Crippen LogP contribution < -0.4 is 21.3 Å². The van der Waals surface area contributed by atoms with Crippen LogP contribution in [0.25, 0.3) is 0 Å². The van der Waals surface area contributed by atoms with Gasteiger partial charge in [0.2, 0.25) is 5.91 Å². The van der Waals surface area contributed by atoms with Crippen LogP contribution in [0.1, 0.15) is 39.6 Å². The Morgan fingerprint density at radius 2 is 1.45 bits per heavy atom. The molecule has 3 amide bonds. The fourth-order valence-corrected chi connectivity index (χ4v) is 3.09. The zero-order chi connectivity index (χ0) is 23.5. The van der Waals surface area contributed by atoms with E-state index in [2.05, 4.69) is 21.3 Å². The summed E-state index contributed by atoms with van der Waals surface area (Å²) in [6.07, 6.45) is 0.854. The highest BCUT2D eigenvalue weighted by Gasteiger charge is 2.08. The molecule has 0 aliphatic heterocycles. The Morgan fingerprint density at radius 3 is 2.18 bits per heavy atom. The minimum atomic E-state index is -0.245. The van der Waals surface area contributed by atoms with Gasteiger partial charge in [0.25, 0.3) is 11.8 Å². The van der Waals surface area contributed by atoms with Crippen LogP contribution in [0.4, 0.5) is 11.4 Å². The summed E-state index contributed by atoms with van der Waals surface area (Å²) < 4.78 is 0. The van der Waals surface area contributed by atoms with Crippen molar-refractivity contribution in [2.24, 2.45) is 0 Å². The molecule has 0 bridgehead atoms. The van der Waals surface area contributed by atoms with Crippen LogP contribution in [0.15, 0.2) is 78.9 Å². The van der Waals surface area contributed by atoms with Gasteiger partial charge in [0, 0.05) is 35.6 Å². The molecule has 0 radical (unpaired) electrons. The Bertz CT molecular complexity index is 1080. The van der Waals surface area contributed by atoms with Crippen LogP contribution in [0.3, 0.4) is 0 Å². The first-order chi connectivity index (χ1) is 16.0. The third kappa shape index (κ3) is 7.50. The Kier molecular flexibility index (Phi) is 8.59. The molecule has 33 heavy (non-hydrogen) atoms. The highest BCUT2D eigenvalue weighted by atomic mass is 16.2. The molecule has 7 heteroatoms. The predicted octanol–water partition coefficient (Wildman–Crippen LogP) is 3.81. The number of benzene rings is 3. The van der Waals surface area contributed by atoms with Gasteiger partial charge in [0.1, 0.15) is 0 Å². The molecule has 0 spiro atoms. The van der Waals surface area contributed by atoms with Crippen molar-refractivity contribution in [2.75, 3.05) is 23.7 Å². The maximum atomic E-state index is 12.3. The van der Waals surface area contributed by atoms with Gasteiger partial charge in [-0.1, -0.05) is 43.3 Å². The minimum Gasteiger partial charge on any atom is -0.376 e. The molecular weight excluding hydrogens is 416 g/mol. The molecular formula is C26H28N4O3. The third-order valence-electron chi connectivity index (χ3n) is 4.84. The summed E-state index contributed by atoms with van der Waals surface area (Å²) in [6, 6.07) is 23.4. The van der Waals surface area contributed by atoms with Crippen LogP contribution in [0.5, 0.6) is 0 Å². The van der Waals surface area contributed by atoms with Crippen molar-refractivity contribution in [3.63, 3.8) is 0 Å². The third-order valence-corrected chi connectivity index (χ3v) is 4.84. The van der Waals surface area contributed by atoms with Crippen LogP contribution in [0.2, 0.25) is 0 Å². The highest BCUT2D eigenvalue weighted by Crippen LogP contribution is 2.12. The molecule has 0 aliphatic carbocycles. The van der Waals surface area contributed by atoms with E-state index >= 15 is 0 Å². The quantitative estimate of drug-likeness (QED) is 0.382. The number of carbonyl (C=O) groups is 3. The summed E-state index contributed by atoms with van der Waals surface area (Å²) in [5.41, 5.74) is 3.34. The van der Waals surface area contributed by atoms with Gasteiger partial charge in [-0.3, -0.25) is 14.4 Å². The smallest absolute Gasteiger partial charge is 0.251 e. The summed E-state index contributed by atoms with van der Waals surface area (Å²) in [7, 11) is 0. The van der Waals surface area contributed by atoms with Crippen LogP contribution in [-0.4, -0.2) is 30.8 Å². The Balaban J connectivity index is 1.46. The van der Waals surface area contributed by atoms with E-state index in [4.69, 9.17) is 0 Å². The van der Waals surface area contributed by atoms with E-state index in [1.54, 1.807) is 48.5 Å². The van der Waals surface area contributed by atoms with Crippen molar-refractivity contribution < 1.29 is 14.4 Å². The fraction of sp³-hybridized carbons (Fsp3) is 0.192. The zero-order valence-electron chi connectivity index (χ0n) is 18.6. The number of hydrogen-bond acceptors (Lipinski definition) is 4. The van der Waals surface area contributed by atoms with E-state index in [9.17, 15) is 14.4 Å². The molecule has 0 saturated heterocycles. The molecule has 0 fully saturated rings. The van der Waals surface area contributed by atoms with E-state index in [1.165, 1.54) is 0 Å². The second kappa shape index (κ2) is 12.0. The summed E-state index contributed by atoms with van der Waals surface area (Å²) in [6.45, 7) is 3.10. The van der Waals surface area contributed by atoms with Gasteiger partial charge in [-0.05, 0) is 54.4 Å². The molecule has 0 aromatic heterocycles. The van der Waals surface area contributed by atoms with Gasteiger partial charge in [-0.15, -0.1) is 0 Å². The Hall–Kier alpha value is -4.13. The number of anilines is 2. The maximum Gasteiger partial charge on any atom is 0.251 e. The number of rotatable bonds is 10. The molecule has 3 aromatic carbocycles. The monoisotopic (exact) mass is 444 g/mol. The lowest BCUT2D eigenvalue weighted by molar-refractivity contribution is -0.114. The van der Waals surface area contributed by atoms with Gasteiger partial charge in [-0.25, -0.2) is 0 Å². The molecule has 0 atom stereocenters. The van der Waals surface area contributed by atoms with Gasteiger partial charge in [0.05, 0.1) is 6.54 Å². The number of carbonyl (C=O) groups excluding carboxylic acids is 3.